The van der Waals surface area contributed by atoms with Gasteiger partial charge in [-0.2, -0.15) is 0 Å². The number of aromatic nitrogens is 1. The minimum absolute atomic E-state index is 0.276. The lowest BCUT2D eigenvalue weighted by Gasteiger charge is -2.05. The summed E-state index contributed by atoms with van der Waals surface area (Å²) in [6.07, 6.45) is 0.404. The van der Waals surface area contributed by atoms with Gasteiger partial charge in [0, 0.05) is 17.5 Å². The van der Waals surface area contributed by atoms with Gasteiger partial charge in [-0.3, -0.25) is 4.79 Å². The molecule has 0 aliphatic carbocycles. The number of anilines is 1. The summed E-state index contributed by atoms with van der Waals surface area (Å²) in [7, 11) is 1.62. The van der Waals surface area contributed by atoms with Crippen molar-refractivity contribution in [2.24, 2.45) is 0 Å². The number of methoxy groups -OCH3 is 1. The third-order valence-electron chi connectivity index (χ3n) is 4.80. The molecule has 0 saturated carbocycles. The number of hydrogen-bond donors (Lipinski definition) is 2. The second kappa shape index (κ2) is 8.51. The number of nitrogens with one attached hydrogen (secondary N) is 1. The molecule has 2 heterocycles. The fraction of sp³-hybridized carbons (Fsp3) is 0.130. The number of nitrogens with two attached hydrogens (primary N) is 1. The van der Waals surface area contributed by atoms with E-state index in [2.05, 4.69) is 10.3 Å². The first kappa shape index (κ1) is 19.8. The lowest BCUT2D eigenvalue weighted by atomic mass is 10.1. The summed E-state index contributed by atoms with van der Waals surface area (Å²) in [6.45, 7) is 0.315. The van der Waals surface area contributed by atoms with E-state index in [0.717, 1.165) is 22.4 Å². The quantitative estimate of drug-likeness (QED) is 0.474. The number of carbonyl (C=O) groups excluding carboxylic acids is 1. The number of rotatable bonds is 6. The van der Waals surface area contributed by atoms with Crippen molar-refractivity contribution in [1.29, 1.82) is 0 Å². The van der Waals surface area contributed by atoms with Gasteiger partial charge in [0.05, 0.1) is 18.5 Å². The lowest BCUT2D eigenvalue weighted by molar-refractivity contribution is 0.0959. The number of halogens is 1. The SMILES string of the molecule is COc1cccc(-c2ccc3c(N)c(C(=O)NCCc4ccccc4F)sc3n2)c1. The van der Waals surface area contributed by atoms with Crippen LogP contribution in [0.1, 0.15) is 15.2 Å². The van der Waals surface area contributed by atoms with Crippen molar-refractivity contribution in [2.75, 3.05) is 19.4 Å². The molecule has 7 heteroatoms. The van der Waals surface area contributed by atoms with Crippen LogP contribution in [0.5, 0.6) is 5.75 Å². The monoisotopic (exact) mass is 421 g/mol. The van der Waals surface area contributed by atoms with Crippen molar-refractivity contribution in [1.82, 2.24) is 10.3 Å². The highest BCUT2D eigenvalue weighted by Crippen LogP contribution is 2.34. The van der Waals surface area contributed by atoms with E-state index < -0.39 is 0 Å². The minimum atomic E-state index is -0.283. The molecule has 4 rings (SSSR count). The van der Waals surface area contributed by atoms with Gasteiger partial charge in [0.25, 0.3) is 5.91 Å². The average molecular weight is 421 g/mol. The minimum Gasteiger partial charge on any atom is -0.497 e. The zero-order chi connectivity index (χ0) is 21.1. The van der Waals surface area contributed by atoms with Crippen molar-refractivity contribution in [3.63, 3.8) is 0 Å². The number of ether oxygens (including phenoxy) is 1. The van der Waals surface area contributed by atoms with E-state index in [4.69, 9.17) is 10.5 Å². The van der Waals surface area contributed by atoms with Gasteiger partial charge in [-0.1, -0.05) is 30.3 Å². The molecule has 5 nitrogen and oxygen atoms in total. The summed E-state index contributed by atoms with van der Waals surface area (Å²) in [5.41, 5.74) is 8.87. The van der Waals surface area contributed by atoms with Gasteiger partial charge in [-0.25, -0.2) is 9.37 Å². The van der Waals surface area contributed by atoms with Crippen LogP contribution in [0.15, 0.2) is 60.7 Å². The van der Waals surface area contributed by atoms with Gasteiger partial charge in [-0.15, -0.1) is 11.3 Å². The highest BCUT2D eigenvalue weighted by Gasteiger charge is 2.18. The van der Waals surface area contributed by atoms with Crippen molar-refractivity contribution in [2.45, 2.75) is 6.42 Å². The van der Waals surface area contributed by atoms with E-state index in [9.17, 15) is 9.18 Å². The number of nitrogens with zero attached hydrogens (tertiary/aromatic N) is 1. The van der Waals surface area contributed by atoms with Crippen LogP contribution in [0.25, 0.3) is 21.5 Å². The first-order valence-corrected chi connectivity index (χ1v) is 10.2. The molecule has 3 N–H and O–H groups in total. The molecule has 0 radical (unpaired) electrons. The number of benzene rings is 2. The third kappa shape index (κ3) is 3.97. The molecule has 2 aromatic heterocycles. The maximum atomic E-state index is 13.7. The van der Waals surface area contributed by atoms with Crippen LogP contribution >= 0.6 is 11.3 Å². The Labute approximate surface area is 177 Å². The Morgan fingerprint density at radius 2 is 2.00 bits per heavy atom. The van der Waals surface area contributed by atoms with Gasteiger partial charge in [0.2, 0.25) is 0 Å². The molecule has 0 aliphatic heterocycles. The number of pyridine rings is 1. The molecule has 2 aromatic carbocycles. The normalized spacial score (nSPS) is 10.9. The van der Waals surface area contributed by atoms with E-state index in [1.165, 1.54) is 17.4 Å². The number of fused-ring (bicyclic) bond motifs is 1. The Morgan fingerprint density at radius 1 is 1.17 bits per heavy atom. The van der Waals surface area contributed by atoms with Crippen molar-refractivity contribution in [3.05, 3.63) is 76.9 Å². The maximum Gasteiger partial charge on any atom is 0.263 e. The van der Waals surface area contributed by atoms with E-state index >= 15 is 0 Å². The number of hydrogen-bond acceptors (Lipinski definition) is 5. The van der Waals surface area contributed by atoms with Crippen LogP contribution < -0.4 is 15.8 Å². The Morgan fingerprint density at radius 3 is 2.80 bits per heavy atom. The number of thiophene rings is 1. The van der Waals surface area contributed by atoms with Gasteiger partial charge in [0.1, 0.15) is 21.3 Å². The molecule has 0 spiro atoms. The number of carbonyl (C=O) groups is 1. The molecule has 0 unspecified atom stereocenters. The molecule has 0 bridgehead atoms. The molecule has 30 heavy (non-hydrogen) atoms. The largest absolute Gasteiger partial charge is 0.497 e. The molecule has 4 aromatic rings. The molecule has 0 aliphatic rings. The number of nitrogen functional groups attached to an aromatic ring is 1. The lowest BCUT2D eigenvalue weighted by Crippen LogP contribution is -2.25. The van der Waals surface area contributed by atoms with Crippen molar-refractivity contribution >= 4 is 33.1 Å². The fourth-order valence-electron chi connectivity index (χ4n) is 3.20. The predicted molar refractivity (Wildman–Crippen MR) is 118 cm³/mol. The molecular weight excluding hydrogens is 401 g/mol. The highest BCUT2D eigenvalue weighted by atomic mass is 32.1. The van der Waals surface area contributed by atoms with Gasteiger partial charge in [-0.05, 0) is 42.3 Å². The summed E-state index contributed by atoms with van der Waals surface area (Å²) in [6, 6.07) is 17.9. The molecule has 0 fully saturated rings. The number of amides is 1. The van der Waals surface area contributed by atoms with E-state index in [-0.39, 0.29) is 11.7 Å². The van der Waals surface area contributed by atoms with Crippen LogP contribution in [0.2, 0.25) is 0 Å². The molecule has 152 valence electrons. The average Bonchev–Trinajstić information content (AvgIpc) is 3.11. The zero-order valence-electron chi connectivity index (χ0n) is 16.3. The second-order valence-electron chi connectivity index (χ2n) is 6.72. The van der Waals surface area contributed by atoms with Crippen LogP contribution in [-0.2, 0) is 6.42 Å². The summed E-state index contributed by atoms with van der Waals surface area (Å²) >= 11 is 1.25. The second-order valence-corrected chi connectivity index (χ2v) is 7.72. The van der Waals surface area contributed by atoms with Crippen molar-refractivity contribution < 1.29 is 13.9 Å². The molecular formula is C23H20FN3O2S. The van der Waals surface area contributed by atoms with Crippen molar-refractivity contribution in [3.8, 4) is 17.0 Å². The van der Waals surface area contributed by atoms with E-state index in [1.54, 1.807) is 25.3 Å². The van der Waals surface area contributed by atoms with E-state index in [1.807, 2.05) is 36.4 Å². The summed E-state index contributed by atoms with van der Waals surface area (Å²) < 4.78 is 19.0. The van der Waals surface area contributed by atoms with Crippen LogP contribution in [0.3, 0.4) is 0 Å². The Balaban J connectivity index is 1.53. The molecule has 1 amide bonds. The summed E-state index contributed by atoms with van der Waals surface area (Å²) in [5, 5.41) is 3.56. The topological polar surface area (TPSA) is 77.2 Å². The van der Waals surface area contributed by atoms with E-state index in [0.29, 0.717) is 33.9 Å². The van der Waals surface area contributed by atoms with Gasteiger partial charge in [0.15, 0.2) is 0 Å². The first-order valence-electron chi connectivity index (χ1n) is 9.42. The Kier molecular flexibility index (Phi) is 5.63. The fourth-order valence-corrected chi connectivity index (χ4v) is 4.21. The summed E-state index contributed by atoms with van der Waals surface area (Å²) in [4.78, 5) is 18.4. The molecule has 0 saturated heterocycles. The van der Waals surface area contributed by atoms with Gasteiger partial charge < -0.3 is 15.8 Å². The Hall–Kier alpha value is -3.45. The smallest absolute Gasteiger partial charge is 0.263 e. The summed E-state index contributed by atoms with van der Waals surface area (Å²) in [5.74, 6) is 0.187. The highest BCUT2D eigenvalue weighted by molar-refractivity contribution is 7.21. The third-order valence-corrected chi connectivity index (χ3v) is 5.92. The van der Waals surface area contributed by atoms with Crippen LogP contribution in [0, 0.1) is 5.82 Å². The van der Waals surface area contributed by atoms with Gasteiger partial charge >= 0.3 is 0 Å². The predicted octanol–water partition coefficient (Wildman–Crippen LogP) is 4.67. The van der Waals surface area contributed by atoms with Crippen LogP contribution in [0.4, 0.5) is 10.1 Å². The maximum absolute atomic E-state index is 13.7. The molecule has 0 atom stereocenters. The standard InChI is InChI=1S/C23H20FN3O2S/c1-29-16-7-4-6-15(13-16)19-10-9-17-20(25)21(30-23(17)27-19)22(28)26-12-11-14-5-2-3-8-18(14)24/h2-10,13H,11-12,25H2,1H3,(H,26,28). The first-order chi connectivity index (χ1) is 14.6. The van der Waals surface area contributed by atoms with Crippen LogP contribution in [-0.4, -0.2) is 24.5 Å². The zero-order valence-corrected chi connectivity index (χ0v) is 17.1. The Bertz CT molecular complexity index is 1220.